The Morgan fingerprint density at radius 1 is 0.594 bits per heavy atom. The van der Waals surface area contributed by atoms with Crippen LogP contribution in [-0.2, 0) is 30.9 Å². The van der Waals surface area contributed by atoms with E-state index in [9.17, 15) is 29.9 Å². The number of hydrogen-bond donors (Lipinski definition) is 4. The number of ether oxygens (including phenoxy) is 5. The van der Waals surface area contributed by atoms with Crippen molar-refractivity contribution in [2.75, 3.05) is 33.0 Å². The molecule has 1 aromatic heterocycles. The molecule has 1 aliphatic rings. The van der Waals surface area contributed by atoms with Gasteiger partial charge in [-0.2, -0.15) is 5.26 Å². The maximum Gasteiger partial charge on any atom is 0.203 e. The van der Waals surface area contributed by atoms with E-state index < -0.39 is 72.5 Å². The summed E-state index contributed by atoms with van der Waals surface area (Å²) in [4.78, 5) is 57.7. The van der Waals surface area contributed by atoms with Crippen LogP contribution in [0, 0.1) is 22.9 Å². The Kier molecular flexibility index (Phi) is 51.4. The molecule has 0 saturated carbocycles. The molecule has 3 aromatic rings. The number of nitrogens with zero attached hydrogens (tertiary/aromatic N) is 2. The number of H-pyrrole nitrogens is 1. The number of carbonyl (C=O) groups is 2. The number of aliphatic hydroxyl groups is 2. The van der Waals surface area contributed by atoms with E-state index in [4.69, 9.17) is 35.5 Å². The van der Waals surface area contributed by atoms with Crippen molar-refractivity contribution in [2.45, 2.75) is 372 Å². The first kappa shape index (κ1) is 88.7. The average molecular weight is 1440 g/mol. The van der Waals surface area contributed by atoms with E-state index in [-0.39, 0.29) is 25.4 Å². The van der Waals surface area contributed by atoms with E-state index in [2.05, 4.69) is 36.7 Å². The van der Waals surface area contributed by atoms with Crippen LogP contribution in [0.2, 0.25) is 0 Å². The standard InChI is InChI=1S/C84H137N4O11PS/c1-4-7-10-13-16-19-22-25-28-31-34-37-40-43-46-52-61-95-74-59-58-72(78(70-56-50-49-51-57-70)86-76(90)65-73(82(92)98-64-55-60-85)84(94)66-77(99-75(84)68-89)88-67-71(69-100-101)81(91)87-83(88)93)79(96-62-53-47-44-41-38-35-32-29-26-23-20-17-14-11-8-5-2)80(74)97-63-54-48-45-42-39-36-33-30-27-24-21-18-15-12-9-6-3/h49-51,56-59,67,73,75,77-78,89,94H,4-48,52-55,61-66,68H2,1-3H3,(H,86,90)(H,87,91,93)/t73?,75-,77-,78?,84-/m1/s1. The molecule has 1 aliphatic heterocycles. The molecule has 2 aromatic carbocycles. The summed E-state index contributed by atoms with van der Waals surface area (Å²) < 4.78 is 33.4. The number of amides is 1. The number of aromatic amines is 1. The van der Waals surface area contributed by atoms with Crippen molar-refractivity contribution in [1.82, 2.24) is 14.9 Å². The molecule has 5 atom stereocenters. The van der Waals surface area contributed by atoms with E-state index in [1.807, 2.05) is 48.5 Å². The average Bonchev–Trinajstić information content (AvgIpc) is 1.63. The summed E-state index contributed by atoms with van der Waals surface area (Å²) in [7, 11) is 0. The summed E-state index contributed by atoms with van der Waals surface area (Å²) >= 11 is 5.00. The zero-order chi connectivity index (χ0) is 72.5. The number of hydrogen-bond acceptors (Lipinski definition) is 13. The second kappa shape index (κ2) is 58.5. The van der Waals surface area contributed by atoms with Crippen LogP contribution in [0.5, 0.6) is 17.2 Å². The Morgan fingerprint density at radius 3 is 1.41 bits per heavy atom. The van der Waals surface area contributed by atoms with Crippen molar-refractivity contribution < 1.29 is 43.5 Å². The van der Waals surface area contributed by atoms with Crippen LogP contribution in [0.4, 0.5) is 0 Å². The van der Waals surface area contributed by atoms with Gasteiger partial charge in [0.2, 0.25) is 5.75 Å². The van der Waals surface area contributed by atoms with Gasteiger partial charge in [0, 0.05) is 5.56 Å². The third-order valence-electron chi connectivity index (χ3n) is 20.3. The van der Waals surface area contributed by atoms with Gasteiger partial charge in [0.05, 0.1) is 25.9 Å². The summed E-state index contributed by atoms with van der Waals surface area (Å²) in [5.41, 5.74) is 0.0799. The van der Waals surface area contributed by atoms with Crippen LogP contribution >= 0.6 is 6.81 Å². The summed E-state index contributed by atoms with van der Waals surface area (Å²) in [6, 6.07) is 14.4. The number of aliphatic hydroxyl groups excluding tert-OH is 1. The number of aromatic nitrogens is 2. The predicted molar refractivity (Wildman–Crippen MR) is 416 cm³/mol. The molecule has 4 rings (SSSR count). The van der Waals surface area contributed by atoms with Gasteiger partial charge in [-0.15, -0.1) is 0 Å². The molecule has 1 saturated heterocycles. The molecule has 4 N–H and O–H groups in total. The van der Waals surface area contributed by atoms with Crippen LogP contribution in [-0.4, -0.2) is 76.4 Å². The molecular weight excluding hydrogens is 1300 g/mol. The minimum absolute atomic E-state index is 0.0446. The zero-order valence-electron chi connectivity index (χ0n) is 63.3. The Bertz CT molecular complexity index is 2900. The molecule has 0 bridgehead atoms. The predicted octanol–water partition coefficient (Wildman–Crippen LogP) is 21.6. The van der Waals surface area contributed by atoms with E-state index in [1.54, 1.807) is 0 Å². The molecule has 0 radical (unpaired) electrons. The van der Waals surface area contributed by atoms with Crippen molar-refractivity contribution in [3.63, 3.8) is 0 Å². The van der Waals surface area contributed by atoms with Gasteiger partial charge in [0.1, 0.15) is 0 Å². The first-order chi connectivity index (χ1) is 49.6. The van der Waals surface area contributed by atoms with Crippen molar-refractivity contribution >= 4 is 30.5 Å². The summed E-state index contributed by atoms with van der Waals surface area (Å²) in [6.45, 7) is 7.23. The molecule has 1 amide bonds. The number of nitriles is 1. The number of esters is 1. The minimum atomic E-state index is -2.30. The normalized spacial score (nSPS) is 15.6. The maximum absolute atomic E-state index is 15.1. The van der Waals surface area contributed by atoms with Gasteiger partial charge in [-0.25, -0.2) is 0 Å². The Morgan fingerprint density at radius 2 is 1.00 bits per heavy atom. The van der Waals surface area contributed by atoms with Gasteiger partial charge in [-0.05, 0) is 37.0 Å². The molecular formula is C84H137N4O11PS. The van der Waals surface area contributed by atoms with Crippen LogP contribution < -0.4 is 30.8 Å². The first-order valence-corrected chi connectivity index (χ1v) is 42.8. The smallest absolute Gasteiger partial charge is 0.203 e. The molecule has 0 aliphatic carbocycles. The largest absolute Gasteiger partial charge is 0.489 e. The molecule has 2 unspecified atom stereocenters. The number of nitrogens with one attached hydrogen (secondary N) is 2. The minimum Gasteiger partial charge on any atom is -0.489 e. The SMILES string of the molecule is CCCCCCCCCCCCCCCCCCOc1ccc(C(NC(=O)CC(C(=O)OCCC#N)[C@]2(O)C[C@H](n3cc(C#P=S)c(=O)[nH]c3=O)O[C@@H]2CO)c2ccccc2)c(OCCCCCCCCCCCCCCCCCC)c1OCCCCCCCCCCCCCCCCCC. The molecule has 101 heavy (non-hydrogen) atoms. The summed E-state index contributed by atoms with van der Waals surface area (Å²) in [5, 5.41) is 36.2. The van der Waals surface area contributed by atoms with E-state index in [0.29, 0.717) is 48.2 Å². The van der Waals surface area contributed by atoms with Crippen LogP contribution in [0.3, 0.4) is 0 Å². The monoisotopic (exact) mass is 1440 g/mol. The number of carbonyl (C=O) groups excluding carboxylic acids is 2. The summed E-state index contributed by atoms with van der Waals surface area (Å²) in [6.07, 6.45) is 57.8. The topological polar surface area (TPSA) is 211 Å². The van der Waals surface area contributed by atoms with Gasteiger partial charge in [-0.3, -0.25) is 0 Å². The number of unbranched alkanes of at least 4 members (excludes halogenated alkanes) is 45. The van der Waals surface area contributed by atoms with Crippen LogP contribution in [0.25, 0.3) is 0 Å². The van der Waals surface area contributed by atoms with Gasteiger partial charge >= 0.3 is 175 Å². The van der Waals surface area contributed by atoms with Gasteiger partial charge < -0.3 is 14.2 Å². The zero-order valence-corrected chi connectivity index (χ0v) is 65.1. The van der Waals surface area contributed by atoms with Crippen molar-refractivity contribution in [3.8, 4) is 28.9 Å². The molecule has 17 heteroatoms. The Labute approximate surface area is 617 Å². The van der Waals surface area contributed by atoms with Crippen molar-refractivity contribution in [3.05, 3.63) is 86.2 Å². The van der Waals surface area contributed by atoms with E-state index in [0.717, 1.165) is 62.4 Å². The third-order valence-corrected chi connectivity index (χ3v) is 20.9. The van der Waals surface area contributed by atoms with Gasteiger partial charge in [0.25, 0.3) is 0 Å². The van der Waals surface area contributed by atoms with Crippen molar-refractivity contribution in [2.24, 2.45) is 5.92 Å². The Balaban J connectivity index is 1.59. The van der Waals surface area contributed by atoms with Gasteiger partial charge in [-0.1, -0.05) is 340 Å². The van der Waals surface area contributed by atoms with Crippen LogP contribution in [0.1, 0.15) is 377 Å². The fourth-order valence-corrected chi connectivity index (χ4v) is 14.7. The molecule has 0 spiro atoms. The Hall–Kier alpha value is -4.74. The first-order valence-electron chi connectivity index (χ1n) is 40.9. The molecule has 15 nitrogen and oxygen atoms in total. The fourth-order valence-electron chi connectivity index (χ4n) is 14.1. The maximum atomic E-state index is 15.1. The second-order valence-corrected chi connectivity index (χ2v) is 29.8. The quantitative estimate of drug-likeness (QED) is 0.0236. The molecule has 570 valence electrons. The molecule has 1 fully saturated rings. The molecule has 2 heterocycles. The van der Waals surface area contributed by atoms with Crippen LogP contribution in [0.15, 0.2) is 58.3 Å². The van der Waals surface area contributed by atoms with E-state index in [1.165, 1.54) is 257 Å². The van der Waals surface area contributed by atoms with Gasteiger partial charge in [0.15, 0.2) is 11.5 Å². The second-order valence-electron chi connectivity index (χ2n) is 28.9. The summed E-state index contributed by atoms with van der Waals surface area (Å²) in [5.74, 6) is -1.80. The fraction of sp³-hybridized carbons (Fsp3) is 0.762. The number of rotatable bonds is 65. The number of benzene rings is 2. The third kappa shape index (κ3) is 37.7. The van der Waals surface area contributed by atoms with E-state index >= 15 is 4.79 Å². The van der Waals surface area contributed by atoms with Crippen molar-refractivity contribution in [1.29, 1.82) is 5.26 Å².